The number of hydrogen-bond donors (Lipinski definition) is 3. The minimum Gasteiger partial charge on any atom is -0.325 e. The van der Waals surface area contributed by atoms with Gasteiger partial charge in [0.05, 0.1) is 17.4 Å². The van der Waals surface area contributed by atoms with Gasteiger partial charge in [0, 0.05) is 28.7 Å². The molecule has 9 heteroatoms. The lowest BCUT2D eigenvalue weighted by Gasteiger charge is -2.26. The van der Waals surface area contributed by atoms with Gasteiger partial charge in [0.25, 0.3) is 0 Å². The summed E-state index contributed by atoms with van der Waals surface area (Å²) in [6.07, 6.45) is 4.68. The number of H-pyrrole nitrogens is 1. The molecule has 0 fully saturated rings. The fourth-order valence-corrected chi connectivity index (χ4v) is 4.23. The first kappa shape index (κ1) is 23.0. The zero-order chi connectivity index (χ0) is 23.0. The number of nitrogens with zero attached hydrogens (tertiary/aromatic N) is 5. The summed E-state index contributed by atoms with van der Waals surface area (Å²) in [5, 5.41) is 17.4. The van der Waals surface area contributed by atoms with Crippen molar-refractivity contribution in [1.82, 2.24) is 25.1 Å². The Morgan fingerprint density at radius 3 is 2.73 bits per heavy atom. The van der Waals surface area contributed by atoms with E-state index in [0.29, 0.717) is 5.95 Å². The Kier molecular flexibility index (Phi) is 7.77. The minimum atomic E-state index is 0.541. The summed E-state index contributed by atoms with van der Waals surface area (Å²) in [6.45, 7) is 8.37. The van der Waals surface area contributed by atoms with Crippen LogP contribution in [0.4, 0.5) is 23.1 Å². The van der Waals surface area contributed by atoms with Crippen LogP contribution in [0.3, 0.4) is 0 Å². The van der Waals surface area contributed by atoms with Crippen LogP contribution in [0.15, 0.2) is 65.8 Å². The highest BCUT2D eigenvalue weighted by molar-refractivity contribution is 7.97. The quantitative estimate of drug-likeness (QED) is 0.270. The third-order valence-corrected chi connectivity index (χ3v) is 6.17. The Labute approximate surface area is 198 Å². The molecule has 0 aliphatic carbocycles. The van der Waals surface area contributed by atoms with Crippen LogP contribution in [0.2, 0.25) is 0 Å². The Morgan fingerprint density at radius 1 is 1.06 bits per heavy atom. The predicted molar refractivity (Wildman–Crippen MR) is 137 cm³/mol. The molecular weight excluding hydrogens is 432 g/mol. The van der Waals surface area contributed by atoms with Crippen molar-refractivity contribution in [2.45, 2.75) is 25.2 Å². The summed E-state index contributed by atoms with van der Waals surface area (Å²) in [6, 6.07) is 16.0. The number of aromatic amines is 1. The van der Waals surface area contributed by atoms with Crippen molar-refractivity contribution < 1.29 is 0 Å². The molecular formula is C24H30N8S. The summed E-state index contributed by atoms with van der Waals surface area (Å²) < 4.78 is 0. The third-order valence-electron chi connectivity index (χ3n) is 5.65. The van der Waals surface area contributed by atoms with Crippen LogP contribution in [0.5, 0.6) is 0 Å². The largest absolute Gasteiger partial charge is 0.325 e. The number of aromatic nitrogens is 4. The second-order valence-corrected chi connectivity index (χ2v) is 8.36. The Balaban J connectivity index is 1.63. The smallest absolute Gasteiger partial charge is 0.229 e. The van der Waals surface area contributed by atoms with Crippen molar-refractivity contribution in [1.29, 1.82) is 0 Å². The maximum Gasteiger partial charge on any atom is 0.229 e. The number of nitrogens with one attached hydrogen (secondary N) is 2. The Morgan fingerprint density at radius 2 is 1.91 bits per heavy atom. The first-order valence-corrected chi connectivity index (χ1v) is 12.1. The molecule has 0 spiro atoms. The van der Waals surface area contributed by atoms with Crippen molar-refractivity contribution in [3.63, 3.8) is 0 Å². The molecule has 8 nitrogen and oxygen atoms in total. The summed E-state index contributed by atoms with van der Waals surface area (Å²) in [5.74, 6) is 1.38. The van der Waals surface area contributed by atoms with E-state index in [9.17, 15) is 0 Å². The molecule has 2 aromatic heterocycles. The van der Waals surface area contributed by atoms with Gasteiger partial charge in [-0.1, -0.05) is 26.0 Å². The number of nitrogens with two attached hydrogens (primary N) is 1. The molecule has 4 rings (SSSR count). The van der Waals surface area contributed by atoms with Gasteiger partial charge in [-0.2, -0.15) is 10.1 Å². The fourth-order valence-electron chi connectivity index (χ4n) is 3.87. The average molecular weight is 463 g/mol. The number of anilines is 4. The van der Waals surface area contributed by atoms with Gasteiger partial charge in [-0.3, -0.25) is 10.2 Å². The van der Waals surface area contributed by atoms with E-state index in [1.807, 2.05) is 48.7 Å². The monoisotopic (exact) mass is 462 g/mol. The normalized spacial score (nSPS) is 11.3. The molecule has 2 aromatic carbocycles. The number of benzene rings is 2. The maximum atomic E-state index is 5.70. The number of fused-ring (bicyclic) bond motifs is 1. The van der Waals surface area contributed by atoms with Crippen LogP contribution in [-0.2, 0) is 0 Å². The van der Waals surface area contributed by atoms with Crippen molar-refractivity contribution in [3.8, 4) is 0 Å². The SMILES string of the molecule is CCN(CC)CCCN(c1ccnc(Nc2cccc(SN)c2)n1)c1cccc2[nH]ncc12. The van der Waals surface area contributed by atoms with Gasteiger partial charge in [0.15, 0.2) is 0 Å². The van der Waals surface area contributed by atoms with E-state index in [4.69, 9.17) is 10.1 Å². The molecule has 0 amide bonds. The molecule has 0 bridgehead atoms. The van der Waals surface area contributed by atoms with E-state index < -0.39 is 0 Å². The third kappa shape index (κ3) is 5.62. The molecule has 33 heavy (non-hydrogen) atoms. The van der Waals surface area contributed by atoms with Crippen LogP contribution in [0.1, 0.15) is 20.3 Å². The summed E-state index contributed by atoms with van der Waals surface area (Å²) in [7, 11) is 0. The van der Waals surface area contributed by atoms with Crippen LogP contribution >= 0.6 is 11.9 Å². The van der Waals surface area contributed by atoms with E-state index in [2.05, 4.69) is 50.2 Å². The van der Waals surface area contributed by atoms with E-state index in [1.165, 1.54) is 11.9 Å². The average Bonchev–Trinajstić information content (AvgIpc) is 3.34. The lowest BCUT2D eigenvalue weighted by Crippen LogP contribution is -2.28. The molecule has 4 N–H and O–H groups in total. The number of hydrogen-bond acceptors (Lipinski definition) is 8. The second-order valence-electron chi connectivity index (χ2n) is 7.65. The lowest BCUT2D eigenvalue weighted by atomic mass is 10.2. The van der Waals surface area contributed by atoms with Gasteiger partial charge >= 0.3 is 0 Å². The van der Waals surface area contributed by atoms with Crippen molar-refractivity contribution in [2.75, 3.05) is 36.4 Å². The van der Waals surface area contributed by atoms with E-state index in [0.717, 1.165) is 65.6 Å². The summed E-state index contributed by atoms with van der Waals surface area (Å²) >= 11 is 1.21. The summed E-state index contributed by atoms with van der Waals surface area (Å²) in [4.78, 5) is 15.0. The molecule has 0 radical (unpaired) electrons. The van der Waals surface area contributed by atoms with Crippen LogP contribution in [-0.4, -0.2) is 51.2 Å². The van der Waals surface area contributed by atoms with Gasteiger partial charge in [-0.15, -0.1) is 0 Å². The zero-order valence-corrected chi connectivity index (χ0v) is 19.8. The van der Waals surface area contributed by atoms with Crippen molar-refractivity contribution in [3.05, 3.63) is 60.9 Å². The summed E-state index contributed by atoms with van der Waals surface area (Å²) in [5.41, 5.74) is 2.98. The molecule has 0 unspecified atom stereocenters. The van der Waals surface area contributed by atoms with Gasteiger partial charge in [-0.05, 0) is 74.4 Å². The van der Waals surface area contributed by atoms with Gasteiger partial charge in [-0.25, -0.2) is 4.98 Å². The Hall–Kier alpha value is -3.14. The molecule has 0 aliphatic rings. The van der Waals surface area contributed by atoms with Crippen LogP contribution < -0.4 is 15.4 Å². The molecule has 0 saturated heterocycles. The van der Waals surface area contributed by atoms with Gasteiger partial charge in [0.2, 0.25) is 5.95 Å². The molecule has 0 saturated carbocycles. The van der Waals surface area contributed by atoms with Crippen LogP contribution in [0.25, 0.3) is 10.9 Å². The molecule has 4 aromatic rings. The van der Waals surface area contributed by atoms with Crippen molar-refractivity contribution >= 4 is 46.0 Å². The highest BCUT2D eigenvalue weighted by Crippen LogP contribution is 2.31. The molecule has 2 heterocycles. The standard InChI is InChI=1S/C24H30N8S/c1-3-31(4-2)14-7-15-32(22-11-6-10-21-20(22)17-27-30-21)23-12-13-26-24(29-23)28-18-8-5-9-19(16-18)33-25/h5-6,8-13,16-17H,3-4,7,14-15,25H2,1-2H3,(H,27,30)(H,26,28,29). The van der Waals surface area contributed by atoms with E-state index in [-0.39, 0.29) is 0 Å². The topological polar surface area (TPSA) is 99.0 Å². The van der Waals surface area contributed by atoms with Crippen molar-refractivity contribution in [2.24, 2.45) is 5.14 Å². The van der Waals surface area contributed by atoms with Gasteiger partial charge in [0.1, 0.15) is 5.82 Å². The second kappa shape index (κ2) is 11.1. The maximum absolute atomic E-state index is 5.70. The minimum absolute atomic E-state index is 0.541. The van der Waals surface area contributed by atoms with Crippen LogP contribution in [0, 0.1) is 0 Å². The predicted octanol–water partition coefficient (Wildman–Crippen LogP) is 4.93. The Bertz CT molecular complexity index is 1170. The van der Waals surface area contributed by atoms with E-state index in [1.54, 1.807) is 6.20 Å². The number of rotatable bonds is 11. The first-order chi connectivity index (χ1) is 16.2. The first-order valence-electron chi connectivity index (χ1n) is 11.2. The molecule has 172 valence electrons. The molecule has 0 aliphatic heterocycles. The van der Waals surface area contributed by atoms with E-state index >= 15 is 0 Å². The fraction of sp³-hybridized carbons (Fsp3) is 0.292. The lowest BCUT2D eigenvalue weighted by molar-refractivity contribution is 0.301. The van der Waals surface area contributed by atoms with Gasteiger partial charge < -0.3 is 15.1 Å². The molecule has 0 atom stereocenters. The highest BCUT2D eigenvalue weighted by atomic mass is 32.2. The highest BCUT2D eigenvalue weighted by Gasteiger charge is 2.16. The zero-order valence-electron chi connectivity index (χ0n) is 19.0.